The maximum Gasteiger partial charge on any atom is 0.251 e. The van der Waals surface area contributed by atoms with Crippen LogP contribution in [0.5, 0.6) is 0 Å². The predicted molar refractivity (Wildman–Crippen MR) is 83.3 cm³/mol. The van der Waals surface area contributed by atoms with Gasteiger partial charge in [0, 0.05) is 17.7 Å². The zero-order chi connectivity index (χ0) is 14.8. The van der Waals surface area contributed by atoms with Crippen molar-refractivity contribution in [3.63, 3.8) is 0 Å². The minimum Gasteiger partial charge on any atom is -0.325 e. The monoisotopic (exact) mass is 274 g/mol. The predicted octanol–water partition coefficient (Wildman–Crippen LogP) is 3.30. The van der Waals surface area contributed by atoms with Crippen LogP contribution in [0.1, 0.15) is 22.4 Å². The number of aryl methyl sites for hydroxylation is 1. The maximum absolute atomic E-state index is 12.0. The van der Waals surface area contributed by atoms with E-state index in [1.807, 2.05) is 18.2 Å². The van der Waals surface area contributed by atoms with Crippen molar-refractivity contribution < 1.29 is 0 Å². The largest absolute Gasteiger partial charge is 0.325 e. The molecule has 3 heteroatoms. The fraction of sp³-hybridized carbons (Fsp3) is 0.111. The Hall–Kier alpha value is -2.86. The first-order valence-corrected chi connectivity index (χ1v) is 6.78. The number of aromatic amines is 1. The van der Waals surface area contributed by atoms with E-state index in [1.54, 1.807) is 13.0 Å². The van der Waals surface area contributed by atoms with Gasteiger partial charge in [-0.05, 0) is 29.3 Å². The Labute approximate surface area is 122 Å². The molecule has 3 rings (SSSR count). The van der Waals surface area contributed by atoms with E-state index in [4.69, 9.17) is 5.26 Å². The van der Waals surface area contributed by atoms with Crippen molar-refractivity contribution >= 4 is 10.8 Å². The summed E-state index contributed by atoms with van der Waals surface area (Å²) in [5.74, 6) is 0. The zero-order valence-corrected chi connectivity index (χ0v) is 11.7. The zero-order valence-electron chi connectivity index (χ0n) is 11.7. The third-order valence-corrected chi connectivity index (χ3v) is 3.64. The van der Waals surface area contributed by atoms with E-state index in [1.165, 1.54) is 5.39 Å². The molecule has 0 bridgehead atoms. The van der Waals surface area contributed by atoms with Gasteiger partial charge < -0.3 is 4.98 Å². The van der Waals surface area contributed by atoms with Gasteiger partial charge in [0.15, 0.2) is 0 Å². The van der Waals surface area contributed by atoms with E-state index in [0.29, 0.717) is 23.2 Å². The molecule has 21 heavy (non-hydrogen) atoms. The molecule has 2 aromatic carbocycles. The van der Waals surface area contributed by atoms with Gasteiger partial charge in [-0.3, -0.25) is 4.79 Å². The molecular formula is C18H14N2O. The topological polar surface area (TPSA) is 56.6 Å². The summed E-state index contributed by atoms with van der Waals surface area (Å²) in [5.41, 5.74) is 2.69. The number of nitrogens with zero attached hydrogens (tertiary/aromatic N) is 1. The van der Waals surface area contributed by atoms with Crippen molar-refractivity contribution in [2.45, 2.75) is 13.3 Å². The summed E-state index contributed by atoms with van der Waals surface area (Å²) in [6, 6.07) is 18.1. The lowest BCUT2D eigenvalue weighted by atomic mass is 10.0. The van der Waals surface area contributed by atoms with Crippen LogP contribution in [0.25, 0.3) is 10.8 Å². The molecule has 3 aromatic rings. The van der Waals surface area contributed by atoms with Gasteiger partial charge in [-0.1, -0.05) is 42.5 Å². The first-order valence-electron chi connectivity index (χ1n) is 6.78. The highest BCUT2D eigenvalue weighted by Crippen LogP contribution is 2.17. The molecule has 3 nitrogen and oxygen atoms in total. The van der Waals surface area contributed by atoms with Crippen LogP contribution < -0.4 is 5.56 Å². The summed E-state index contributed by atoms with van der Waals surface area (Å²) in [5, 5.41) is 11.4. The molecule has 0 saturated heterocycles. The molecule has 0 saturated carbocycles. The highest BCUT2D eigenvalue weighted by Gasteiger charge is 2.07. The Balaban J connectivity index is 2.02. The van der Waals surface area contributed by atoms with Crippen LogP contribution in [0, 0.1) is 18.3 Å². The van der Waals surface area contributed by atoms with E-state index in [-0.39, 0.29) is 5.56 Å². The maximum atomic E-state index is 12.0. The van der Waals surface area contributed by atoms with Crippen molar-refractivity contribution in [2.75, 3.05) is 0 Å². The molecule has 0 atom stereocenters. The van der Waals surface area contributed by atoms with Gasteiger partial charge in [-0.15, -0.1) is 0 Å². The van der Waals surface area contributed by atoms with Crippen LogP contribution >= 0.6 is 0 Å². The Morgan fingerprint density at radius 3 is 2.62 bits per heavy atom. The number of pyridine rings is 1. The van der Waals surface area contributed by atoms with Crippen molar-refractivity contribution in [3.8, 4) is 6.07 Å². The van der Waals surface area contributed by atoms with Gasteiger partial charge in [-0.2, -0.15) is 5.26 Å². The molecule has 102 valence electrons. The molecule has 0 amide bonds. The Morgan fingerprint density at radius 2 is 1.86 bits per heavy atom. The molecule has 1 aromatic heterocycles. The SMILES string of the molecule is Cc1[nH]c(=O)c(Cc2ccc3ccccc3c2)cc1C#N. The molecule has 1 heterocycles. The molecular weight excluding hydrogens is 260 g/mol. The minimum atomic E-state index is -0.125. The lowest BCUT2D eigenvalue weighted by Crippen LogP contribution is -2.15. The molecule has 0 radical (unpaired) electrons. The molecule has 0 fully saturated rings. The quantitative estimate of drug-likeness (QED) is 0.779. The summed E-state index contributed by atoms with van der Waals surface area (Å²) in [6.07, 6.45) is 0.523. The number of nitrogens with one attached hydrogen (secondary N) is 1. The molecule has 0 aliphatic heterocycles. The molecule has 1 N–H and O–H groups in total. The average Bonchev–Trinajstić information content (AvgIpc) is 2.50. The Bertz CT molecular complexity index is 916. The molecule has 0 aliphatic rings. The summed E-state index contributed by atoms with van der Waals surface area (Å²) in [4.78, 5) is 14.7. The summed E-state index contributed by atoms with van der Waals surface area (Å²) in [7, 11) is 0. The fourth-order valence-electron chi connectivity index (χ4n) is 2.48. The van der Waals surface area contributed by atoms with Crippen LogP contribution in [0.3, 0.4) is 0 Å². The van der Waals surface area contributed by atoms with Crippen molar-refractivity contribution in [3.05, 3.63) is 81.3 Å². The van der Waals surface area contributed by atoms with Gasteiger partial charge >= 0.3 is 0 Å². The third-order valence-electron chi connectivity index (χ3n) is 3.64. The molecule has 0 unspecified atom stereocenters. The summed E-state index contributed by atoms with van der Waals surface area (Å²) < 4.78 is 0. The second-order valence-electron chi connectivity index (χ2n) is 5.13. The third kappa shape index (κ3) is 2.56. The number of nitriles is 1. The van der Waals surface area contributed by atoms with Crippen LogP contribution in [-0.2, 0) is 6.42 Å². The number of aromatic nitrogens is 1. The number of hydrogen-bond donors (Lipinski definition) is 1. The van der Waals surface area contributed by atoms with Crippen LogP contribution in [-0.4, -0.2) is 4.98 Å². The van der Waals surface area contributed by atoms with Crippen LogP contribution in [0.4, 0.5) is 0 Å². The van der Waals surface area contributed by atoms with Gasteiger partial charge in [-0.25, -0.2) is 0 Å². The van der Waals surface area contributed by atoms with E-state index in [0.717, 1.165) is 10.9 Å². The lowest BCUT2D eigenvalue weighted by Gasteiger charge is -2.05. The Morgan fingerprint density at radius 1 is 1.10 bits per heavy atom. The number of benzene rings is 2. The second kappa shape index (κ2) is 5.26. The number of hydrogen-bond acceptors (Lipinski definition) is 2. The number of fused-ring (bicyclic) bond motifs is 1. The van der Waals surface area contributed by atoms with E-state index < -0.39 is 0 Å². The summed E-state index contributed by atoms with van der Waals surface area (Å²) in [6.45, 7) is 1.74. The Kier molecular flexibility index (Phi) is 3.29. The summed E-state index contributed by atoms with van der Waals surface area (Å²) >= 11 is 0. The van der Waals surface area contributed by atoms with Gasteiger partial charge in [0.25, 0.3) is 5.56 Å². The van der Waals surface area contributed by atoms with Gasteiger partial charge in [0.2, 0.25) is 0 Å². The lowest BCUT2D eigenvalue weighted by molar-refractivity contribution is 1.05. The van der Waals surface area contributed by atoms with E-state index >= 15 is 0 Å². The van der Waals surface area contributed by atoms with Crippen LogP contribution in [0.15, 0.2) is 53.3 Å². The van der Waals surface area contributed by atoms with Gasteiger partial charge in [0.05, 0.1) is 5.56 Å². The second-order valence-corrected chi connectivity index (χ2v) is 5.13. The van der Waals surface area contributed by atoms with E-state index in [2.05, 4.69) is 35.3 Å². The number of rotatable bonds is 2. The first kappa shape index (κ1) is 13.1. The smallest absolute Gasteiger partial charge is 0.251 e. The molecule has 0 aliphatic carbocycles. The van der Waals surface area contributed by atoms with Crippen molar-refractivity contribution in [2.24, 2.45) is 0 Å². The average molecular weight is 274 g/mol. The fourth-order valence-corrected chi connectivity index (χ4v) is 2.48. The minimum absolute atomic E-state index is 0.125. The first-order chi connectivity index (χ1) is 10.2. The van der Waals surface area contributed by atoms with E-state index in [9.17, 15) is 4.79 Å². The standard InChI is InChI=1S/C18H14N2O/c1-12-17(11-19)10-16(18(21)20-12)9-13-6-7-14-4-2-3-5-15(14)8-13/h2-8,10H,9H2,1H3,(H,20,21). The van der Waals surface area contributed by atoms with Gasteiger partial charge in [0.1, 0.15) is 6.07 Å². The molecule has 0 spiro atoms. The van der Waals surface area contributed by atoms with Crippen molar-refractivity contribution in [1.29, 1.82) is 5.26 Å². The van der Waals surface area contributed by atoms with Crippen molar-refractivity contribution in [1.82, 2.24) is 4.98 Å². The normalized spacial score (nSPS) is 10.5. The number of H-pyrrole nitrogens is 1. The highest BCUT2D eigenvalue weighted by atomic mass is 16.1. The van der Waals surface area contributed by atoms with Crippen LogP contribution in [0.2, 0.25) is 0 Å². The highest BCUT2D eigenvalue weighted by molar-refractivity contribution is 5.83.